The van der Waals surface area contributed by atoms with Crippen molar-refractivity contribution >= 4 is 5.78 Å². The van der Waals surface area contributed by atoms with E-state index in [-0.39, 0.29) is 12.0 Å². The molecule has 74 valence electrons. The van der Waals surface area contributed by atoms with Crippen molar-refractivity contribution in [1.29, 1.82) is 0 Å². The number of hydrazine groups is 1. The lowest BCUT2D eigenvalue weighted by molar-refractivity contribution is -0.127. The second kappa shape index (κ2) is 3.34. The van der Waals surface area contributed by atoms with Gasteiger partial charge >= 0.3 is 0 Å². The summed E-state index contributed by atoms with van der Waals surface area (Å²) in [6.07, 6.45) is 0.593. The summed E-state index contributed by atoms with van der Waals surface area (Å²) in [5, 5.41) is 1.79. The van der Waals surface area contributed by atoms with Gasteiger partial charge in [-0.1, -0.05) is 0 Å². The van der Waals surface area contributed by atoms with E-state index >= 15 is 0 Å². The predicted octanol–water partition coefficient (Wildman–Crippen LogP) is -1.65. The molecule has 0 aliphatic carbocycles. The van der Waals surface area contributed by atoms with E-state index in [1.807, 2.05) is 0 Å². The average Bonchev–Trinajstić information content (AvgIpc) is 2.56. The highest BCUT2D eigenvalue weighted by Gasteiger charge is 2.42. The van der Waals surface area contributed by atoms with Crippen molar-refractivity contribution in [1.82, 2.24) is 9.91 Å². The van der Waals surface area contributed by atoms with Crippen molar-refractivity contribution in [3.63, 3.8) is 0 Å². The van der Waals surface area contributed by atoms with Crippen molar-refractivity contribution in [2.75, 3.05) is 26.3 Å². The van der Waals surface area contributed by atoms with Crippen LogP contribution in [-0.4, -0.2) is 48.0 Å². The topological polar surface area (TPSA) is 75.6 Å². The van der Waals surface area contributed by atoms with Crippen LogP contribution in [0.4, 0.5) is 0 Å². The molecular formula is C8H16N4O. The number of nitrogens with two attached hydrogens (primary N) is 2. The van der Waals surface area contributed by atoms with Gasteiger partial charge in [0.15, 0.2) is 0 Å². The maximum Gasteiger partial charge on any atom is 0.140 e. The fourth-order valence-corrected chi connectivity index (χ4v) is 2.26. The molecule has 0 spiro atoms. The third kappa shape index (κ3) is 1.48. The number of hydrogen-bond donors (Lipinski definition) is 2. The number of hydrogen-bond acceptors (Lipinski definition) is 5. The molecule has 5 nitrogen and oxygen atoms in total. The number of piperidine rings is 1. The Labute approximate surface area is 77.6 Å². The normalized spacial score (nSPS) is 36.6. The van der Waals surface area contributed by atoms with E-state index < -0.39 is 0 Å². The first kappa shape index (κ1) is 9.08. The van der Waals surface area contributed by atoms with E-state index in [2.05, 4.69) is 4.90 Å². The maximum atomic E-state index is 11.5. The van der Waals surface area contributed by atoms with Crippen LogP contribution in [0.5, 0.6) is 0 Å². The molecule has 2 aliphatic heterocycles. The molecular weight excluding hydrogens is 168 g/mol. The number of likely N-dealkylation sites (tertiary alicyclic amines) is 1. The standard InChI is InChI=1S/C8H16N4O/c9-5-11-3-6-7(4-11)12(10)2-1-8(6)13/h6-7H,1-5,9-10H2/t6-,7+/m0/s1. The van der Waals surface area contributed by atoms with Gasteiger partial charge in [-0.05, 0) is 0 Å². The summed E-state index contributed by atoms with van der Waals surface area (Å²) < 4.78 is 0. The minimum Gasteiger partial charge on any atom is -0.318 e. The SMILES string of the molecule is NCN1C[C@@H]2C(=O)CCN(N)[C@@H]2C1. The third-order valence-electron chi connectivity index (χ3n) is 3.08. The van der Waals surface area contributed by atoms with Gasteiger partial charge < -0.3 is 5.73 Å². The zero-order chi connectivity index (χ0) is 9.42. The van der Waals surface area contributed by atoms with E-state index in [0.29, 0.717) is 25.4 Å². The lowest BCUT2D eigenvalue weighted by Crippen LogP contribution is -2.52. The Morgan fingerprint density at radius 2 is 2.23 bits per heavy atom. The second-order valence-corrected chi connectivity index (χ2v) is 3.85. The number of carbonyl (C=O) groups is 1. The van der Waals surface area contributed by atoms with Crippen LogP contribution in [-0.2, 0) is 4.79 Å². The van der Waals surface area contributed by atoms with Crippen LogP contribution in [0.25, 0.3) is 0 Å². The molecule has 5 heteroatoms. The maximum absolute atomic E-state index is 11.5. The molecule has 2 atom stereocenters. The molecule has 0 saturated carbocycles. The average molecular weight is 184 g/mol. The highest BCUT2D eigenvalue weighted by atomic mass is 16.1. The summed E-state index contributed by atoms with van der Waals surface area (Å²) >= 11 is 0. The summed E-state index contributed by atoms with van der Waals surface area (Å²) in [5.74, 6) is 6.26. The Hall–Kier alpha value is -0.490. The van der Waals surface area contributed by atoms with Crippen molar-refractivity contribution in [2.45, 2.75) is 12.5 Å². The minimum atomic E-state index is 0.0994. The van der Waals surface area contributed by atoms with Crippen LogP contribution in [0.3, 0.4) is 0 Å². The first-order valence-corrected chi connectivity index (χ1v) is 4.69. The molecule has 4 N–H and O–H groups in total. The lowest BCUT2D eigenvalue weighted by atomic mass is 9.92. The fraction of sp³-hybridized carbons (Fsp3) is 0.875. The van der Waals surface area contributed by atoms with Crippen LogP contribution >= 0.6 is 0 Å². The smallest absolute Gasteiger partial charge is 0.140 e. The molecule has 0 amide bonds. The van der Waals surface area contributed by atoms with E-state index in [0.717, 1.165) is 13.1 Å². The van der Waals surface area contributed by atoms with E-state index in [4.69, 9.17) is 11.6 Å². The lowest BCUT2D eigenvalue weighted by Gasteiger charge is -2.32. The van der Waals surface area contributed by atoms with Crippen molar-refractivity contribution < 1.29 is 4.79 Å². The van der Waals surface area contributed by atoms with E-state index in [1.54, 1.807) is 5.01 Å². The summed E-state index contributed by atoms with van der Waals surface area (Å²) in [6.45, 7) is 2.84. The summed E-state index contributed by atoms with van der Waals surface area (Å²) in [5.41, 5.74) is 5.53. The van der Waals surface area contributed by atoms with Crippen molar-refractivity contribution in [2.24, 2.45) is 17.5 Å². The Kier molecular flexibility index (Phi) is 2.33. The third-order valence-corrected chi connectivity index (χ3v) is 3.08. The van der Waals surface area contributed by atoms with E-state index in [1.165, 1.54) is 0 Å². The largest absolute Gasteiger partial charge is 0.318 e. The van der Waals surface area contributed by atoms with Crippen LogP contribution in [0.15, 0.2) is 0 Å². The number of fused-ring (bicyclic) bond motifs is 1. The minimum absolute atomic E-state index is 0.0994. The van der Waals surface area contributed by atoms with Crippen LogP contribution < -0.4 is 11.6 Å². The molecule has 2 fully saturated rings. The van der Waals surface area contributed by atoms with Crippen molar-refractivity contribution in [3.05, 3.63) is 0 Å². The van der Waals surface area contributed by atoms with Crippen LogP contribution in [0.1, 0.15) is 6.42 Å². The molecule has 0 bridgehead atoms. The quantitative estimate of drug-likeness (QED) is 0.478. The van der Waals surface area contributed by atoms with Gasteiger partial charge in [0.05, 0.1) is 0 Å². The number of nitrogens with zero attached hydrogens (tertiary/aromatic N) is 2. The number of rotatable bonds is 1. The molecule has 2 rings (SSSR count). The highest BCUT2D eigenvalue weighted by molar-refractivity contribution is 5.83. The predicted molar refractivity (Wildman–Crippen MR) is 48.4 cm³/mol. The Morgan fingerprint density at radius 1 is 1.46 bits per heavy atom. The molecule has 0 unspecified atom stereocenters. The van der Waals surface area contributed by atoms with E-state index in [9.17, 15) is 4.79 Å². The van der Waals surface area contributed by atoms with Gasteiger partial charge in [0, 0.05) is 44.7 Å². The van der Waals surface area contributed by atoms with Crippen LogP contribution in [0, 0.1) is 5.92 Å². The Balaban J connectivity index is 2.10. The molecule has 0 radical (unpaired) electrons. The number of Topliss-reactive ketones (excluding diaryl/α,β-unsaturated/α-hetero) is 1. The molecule has 0 aromatic heterocycles. The molecule has 0 aromatic carbocycles. The number of carbonyl (C=O) groups excluding carboxylic acids is 1. The summed E-state index contributed by atoms with van der Waals surface area (Å²) in [4.78, 5) is 13.6. The summed E-state index contributed by atoms with van der Waals surface area (Å²) in [7, 11) is 0. The van der Waals surface area contributed by atoms with Gasteiger partial charge in [-0.15, -0.1) is 0 Å². The Morgan fingerprint density at radius 3 is 2.85 bits per heavy atom. The first-order valence-electron chi connectivity index (χ1n) is 4.69. The van der Waals surface area contributed by atoms with Gasteiger partial charge in [-0.3, -0.25) is 15.5 Å². The zero-order valence-electron chi connectivity index (χ0n) is 7.65. The number of ketones is 1. The van der Waals surface area contributed by atoms with Crippen LogP contribution in [0.2, 0.25) is 0 Å². The summed E-state index contributed by atoms with van der Waals surface area (Å²) in [6, 6.07) is 0.199. The second-order valence-electron chi connectivity index (χ2n) is 3.85. The molecule has 2 aliphatic rings. The Bertz CT molecular complexity index is 220. The van der Waals surface area contributed by atoms with Gasteiger partial charge in [0.1, 0.15) is 5.78 Å². The van der Waals surface area contributed by atoms with Gasteiger partial charge in [0.25, 0.3) is 0 Å². The molecule has 2 heterocycles. The van der Waals surface area contributed by atoms with Gasteiger partial charge in [-0.2, -0.15) is 0 Å². The van der Waals surface area contributed by atoms with Crippen molar-refractivity contribution in [3.8, 4) is 0 Å². The molecule has 13 heavy (non-hydrogen) atoms. The zero-order valence-corrected chi connectivity index (χ0v) is 7.65. The fourth-order valence-electron chi connectivity index (χ4n) is 2.26. The monoisotopic (exact) mass is 184 g/mol. The van der Waals surface area contributed by atoms with Gasteiger partial charge in [-0.25, -0.2) is 5.01 Å². The molecule has 0 aromatic rings. The van der Waals surface area contributed by atoms with Gasteiger partial charge in [0.2, 0.25) is 0 Å². The highest BCUT2D eigenvalue weighted by Crippen LogP contribution is 2.25. The first-order chi connectivity index (χ1) is 6.22. The molecule has 2 saturated heterocycles.